The van der Waals surface area contributed by atoms with E-state index < -0.39 is 23.3 Å². The Morgan fingerprint density at radius 1 is 1.31 bits per heavy atom. The SMILES string of the molecule is CNC(=O)C1CC2(CCN(c3ccc(C#N)c(C(F)(F)F)c3)CC2)CN1C(=O)CCOC. The maximum atomic E-state index is 13.3. The van der Waals surface area contributed by atoms with E-state index in [1.54, 1.807) is 11.0 Å². The molecule has 10 heteroatoms. The first-order valence-electron chi connectivity index (χ1n) is 10.5. The zero-order valence-corrected chi connectivity index (χ0v) is 18.2. The number of amides is 2. The number of ether oxygens (including phenoxy) is 1. The fourth-order valence-electron chi connectivity index (χ4n) is 4.71. The van der Waals surface area contributed by atoms with Crippen molar-refractivity contribution in [2.24, 2.45) is 5.41 Å². The molecule has 1 N–H and O–H groups in total. The molecule has 1 aromatic rings. The van der Waals surface area contributed by atoms with E-state index in [1.165, 1.54) is 26.3 Å². The average molecular weight is 452 g/mol. The first-order valence-corrected chi connectivity index (χ1v) is 10.5. The van der Waals surface area contributed by atoms with Gasteiger partial charge in [0, 0.05) is 39.5 Å². The molecule has 0 radical (unpaired) electrons. The van der Waals surface area contributed by atoms with E-state index in [2.05, 4.69) is 5.32 Å². The van der Waals surface area contributed by atoms with Crippen molar-refractivity contribution < 1.29 is 27.5 Å². The van der Waals surface area contributed by atoms with E-state index in [9.17, 15) is 22.8 Å². The number of nitrogens with zero attached hydrogens (tertiary/aromatic N) is 3. The fourth-order valence-corrected chi connectivity index (χ4v) is 4.71. The van der Waals surface area contributed by atoms with Crippen molar-refractivity contribution in [3.05, 3.63) is 29.3 Å². The Bertz CT molecular complexity index is 905. The number of halogens is 3. The molecule has 1 aromatic carbocycles. The van der Waals surface area contributed by atoms with Crippen LogP contribution in [0.3, 0.4) is 0 Å². The lowest BCUT2D eigenvalue weighted by atomic mass is 9.76. The predicted molar refractivity (Wildman–Crippen MR) is 111 cm³/mol. The fraction of sp³-hybridized carbons (Fsp3) is 0.591. The van der Waals surface area contributed by atoms with Crippen molar-refractivity contribution in [3.8, 4) is 6.07 Å². The third-order valence-electron chi connectivity index (χ3n) is 6.52. The van der Waals surface area contributed by atoms with Crippen LogP contribution in [0.5, 0.6) is 0 Å². The summed E-state index contributed by atoms with van der Waals surface area (Å²) < 4.78 is 45.0. The number of hydrogen-bond acceptors (Lipinski definition) is 5. The van der Waals surface area contributed by atoms with Gasteiger partial charge in [0.15, 0.2) is 0 Å². The molecular weight excluding hydrogens is 425 g/mol. The highest BCUT2D eigenvalue weighted by Crippen LogP contribution is 2.45. The van der Waals surface area contributed by atoms with Gasteiger partial charge >= 0.3 is 6.18 Å². The van der Waals surface area contributed by atoms with Crippen LogP contribution in [0.25, 0.3) is 0 Å². The zero-order valence-electron chi connectivity index (χ0n) is 18.2. The van der Waals surface area contributed by atoms with Crippen LogP contribution in [0, 0.1) is 16.7 Å². The normalized spacial score (nSPS) is 20.3. The van der Waals surface area contributed by atoms with E-state index in [-0.39, 0.29) is 30.3 Å². The maximum absolute atomic E-state index is 13.3. The number of rotatable bonds is 5. The number of methoxy groups -OCH3 is 1. The minimum atomic E-state index is -4.60. The second-order valence-electron chi connectivity index (χ2n) is 8.43. The van der Waals surface area contributed by atoms with E-state index in [0.29, 0.717) is 44.6 Å². The summed E-state index contributed by atoms with van der Waals surface area (Å²) in [5.74, 6) is -0.348. The Morgan fingerprint density at radius 3 is 2.56 bits per heavy atom. The second kappa shape index (κ2) is 9.36. The lowest BCUT2D eigenvalue weighted by Gasteiger charge is -2.40. The summed E-state index contributed by atoms with van der Waals surface area (Å²) in [5.41, 5.74) is -1.17. The predicted octanol–water partition coefficient (Wildman–Crippen LogP) is 2.55. The van der Waals surface area contributed by atoms with Gasteiger partial charge in [-0.2, -0.15) is 18.4 Å². The van der Waals surface area contributed by atoms with Gasteiger partial charge in [-0.1, -0.05) is 0 Å². The largest absolute Gasteiger partial charge is 0.417 e. The summed E-state index contributed by atoms with van der Waals surface area (Å²) in [6.07, 6.45) is -2.59. The molecule has 3 rings (SSSR count). The number of benzene rings is 1. The quantitative estimate of drug-likeness (QED) is 0.742. The van der Waals surface area contributed by atoms with E-state index in [1.807, 2.05) is 4.90 Å². The summed E-state index contributed by atoms with van der Waals surface area (Å²) >= 11 is 0. The number of alkyl halides is 3. The number of carbonyl (C=O) groups is 2. The Hall–Kier alpha value is -2.80. The maximum Gasteiger partial charge on any atom is 0.417 e. The molecule has 1 spiro atoms. The topological polar surface area (TPSA) is 85.7 Å². The highest BCUT2D eigenvalue weighted by Gasteiger charge is 2.49. The lowest BCUT2D eigenvalue weighted by Crippen LogP contribution is -2.45. The van der Waals surface area contributed by atoms with Crippen molar-refractivity contribution in [1.29, 1.82) is 5.26 Å². The van der Waals surface area contributed by atoms with Crippen LogP contribution in [0.15, 0.2) is 18.2 Å². The molecule has 2 saturated heterocycles. The molecular formula is C22H27F3N4O3. The molecule has 32 heavy (non-hydrogen) atoms. The third-order valence-corrected chi connectivity index (χ3v) is 6.52. The summed E-state index contributed by atoms with van der Waals surface area (Å²) in [6.45, 7) is 1.73. The Morgan fingerprint density at radius 2 is 2.00 bits per heavy atom. The summed E-state index contributed by atoms with van der Waals surface area (Å²) in [4.78, 5) is 28.6. The number of nitrogens with one attached hydrogen (secondary N) is 1. The number of nitriles is 1. The van der Waals surface area contributed by atoms with Gasteiger partial charge in [0.05, 0.1) is 30.2 Å². The Labute approximate surface area is 185 Å². The molecule has 174 valence electrons. The monoisotopic (exact) mass is 452 g/mol. The van der Waals surface area contributed by atoms with Crippen LogP contribution in [-0.2, 0) is 20.5 Å². The molecule has 0 aliphatic carbocycles. The summed E-state index contributed by atoms with van der Waals surface area (Å²) in [7, 11) is 3.05. The van der Waals surface area contributed by atoms with Gasteiger partial charge in [-0.3, -0.25) is 9.59 Å². The second-order valence-corrected chi connectivity index (χ2v) is 8.43. The number of piperidine rings is 1. The number of likely N-dealkylation sites (tertiary alicyclic amines) is 1. The molecule has 1 atom stereocenters. The van der Waals surface area contributed by atoms with Crippen LogP contribution < -0.4 is 10.2 Å². The van der Waals surface area contributed by atoms with Gasteiger partial charge in [0.1, 0.15) is 6.04 Å². The minimum absolute atomic E-state index is 0.137. The van der Waals surface area contributed by atoms with Crippen molar-refractivity contribution in [1.82, 2.24) is 10.2 Å². The highest BCUT2D eigenvalue weighted by atomic mass is 19.4. The van der Waals surface area contributed by atoms with E-state index >= 15 is 0 Å². The van der Waals surface area contributed by atoms with Crippen molar-refractivity contribution >= 4 is 17.5 Å². The van der Waals surface area contributed by atoms with Crippen molar-refractivity contribution in [2.75, 3.05) is 45.3 Å². The van der Waals surface area contributed by atoms with Gasteiger partial charge < -0.3 is 19.9 Å². The first-order chi connectivity index (χ1) is 15.1. The van der Waals surface area contributed by atoms with Crippen molar-refractivity contribution in [2.45, 2.75) is 37.9 Å². The lowest BCUT2D eigenvalue weighted by molar-refractivity contribution is -0.139. The molecule has 2 aliphatic rings. The average Bonchev–Trinajstić information content (AvgIpc) is 3.15. The van der Waals surface area contributed by atoms with Gasteiger partial charge in [-0.05, 0) is 42.9 Å². The number of anilines is 1. The van der Waals surface area contributed by atoms with Crippen LogP contribution in [-0.4, -0.2) is 63.2 Å². The van der Waals surface area contributed by atoms with E-state index in [4.69, 9.17) is 10.00 Å². The van der Waals surface area contributed by atoms with Gasteiger partial charge in [-0.15, -0.1) is 0 Å². The third kappa shape index (κ3) is 4.83. The zero-order chi connectivity index (χ0) is 23.5. The first kappa shape index (κ1) is 23.9. The van der Waals surface area contributed by atoms with Crippen LogP contribution >= 0.6 is 0 Å². The van der Waals surface area contributed by atoms with Crippen molar-refractivity contribution in [3.63, 3.8) is 0 Å². The number of hydrogen-bond donors (Lipinski definition) is 1. The number of likely N-dealkylation sites (N-methyl/N-ethyl adjacent to an activating group) is 1. The minimum Gasteiger partial charge on any atom is -0.384 e. The molecule has 2 heterocycles. The van der Waals surface area contributed by atoms with Crippen LogP contribution in [0.2, 0.25) is 0 Å². The van der Waals surface area contributed by atoms with Gasteiger partial charge in [0.2, 0.25) is 11.8 Å². The smallest absolute Gasteiger partial charge is 0.384 e. The standard InChI is InChI=1S/C22H27F3N4O3/c1-27-20(31)18-12-21(14-29(18)19(30)5-10-32-2)6-8-28(9-7-21)16-4-3-15(13-26)17(11-16)22(23,24)25/h3-4,11,18H,5-10,12,14H2,1-2H3,(H,27,31). The summed E-state index contributed by atoms with van der Waals surface area (Å²) in [5, 5.41) is 11.6. The highest BCUT2D eigenvalue weighted by molar-refractivity contribution is 5.88. The molecule has 0 bridgehead atoms. The molecule has 7 nitrogen and oxygen atoms in total. The molecule has 2 fully saturated rings. The number of carbonyl (C=O) groups excluding carboxylic acids is 2. The summed E-state index contributed by atoms with van der Waals surface area (Å²) in [6, 6.07) is 4.81. The van der Waals surface area contributed by atoms with Gasteiger partial charge in [0.25, 0.3) is 0 Å². The Balaban J connectivity index is 1.75. The molecule has 0 aromatic heterocycles. The molecule has 2 amide bonds. The molecule has 1 unspecified atom stereocenters. The Kier molecular flexibility index (Phi) is 6.98. The molecule has 2 aliphatic heterocycles. The molecule has 0 saturated carbocycles. The van der Waals surface area contributed by atoms with Gasteiger partial charge in [-0.25, -0.2) is 0 Å². The van der Waals surface area contributed by atoms with Crippen LogP contribution in [0.4, 0.5) is 18.9 Å². The van der Waals surface area contributed by atoms with Crippen LogP contribution in [0.1, 0.15) is 36.8 Å². The van der Waals surface area contributed by atoms with E-state index in [0.717, 1.165) is 6.07 Å².